The van der Waals surface area contributed by atoms with E-state index in [2.05, 4.69) is 35.2 Å². The smallest absolute Gasteiger partial charge is 0.308 e. The highest BCUT2D eigenvalue weighted by molar-refractivity contribution is 6.03. The minimum absolute atomic E-state index is 0.0660. The number of benzene rings is 1. The summed E-state index contributed by atoms with van der Waals surface area (Å²) >= 11 is 0. The van der Waals surface area contributed by atoms with Gasteiger partial charge in [0.15, 0.2) is 11.5 Å². The molecule has 3 N–H and O–H groups in total. The van der Waals surface area contributed by atoms with Crippen molar-refractivity contribution in [2.75, 3.05) is 11.9 Å². The molecule has 4 rings (SSSR count). The molecule has 1 saturated carbocycles. The molecule has 1 aromatic heterocycles. The maximum absolute atomic E-state index is 12.9. The molecule has 0 aliphatic heterocycles. The van der Waals surface area contributed by atoms with Crippen LogP contribution in [0.1, 0.15) is 93.2 Å². The summed E-state index contributed by atoms with van der Waals surface area (Å²) < 4.78 is 5.17. The van der Waals surface area contributed by atoms with Crippen LogP contribution in [0, 0.1) is 22.7 Å². The number of esters is 1. The van der Waals surface area contributed by atoms with E-state index < -0.39 is 11.5 Å². The van der Waals surface area contributed by atoms with Crippen LogP contribution < -0.4 is 5.32 Å². The van der Waals surface area contributed by atoms with Crippen molar-refractivity contribution in [1.29, 1.82) is 5.26 Å². The number of aromatic nitrogens is 2. The molecule has 0 saturated heterocycles. The van der Waals surface area contributed by atoms with Crippen LogP contribution in [0.15, 0.2) is 30.5 Å². The van der Waals surface area contributed by atoms with E-state index >= 15 is 0 Å². The van der Waals surface area contributed by atoms with E-state index in [1.807, 2.05) is 24.3 Å². The number of H-pyrrole nitrogens is 1. The topological polar surface area (TPSA) is 128 Å². The van der Waals surface area contributed by atoms with Gasteiger partial charge in [0.2, 0.25) is 0 Å². The number of hydrogen-bond acceptors (Lipinski definition) is 6. The Balaban J connectivity index is 1.62. The first-order valence-corrected chi connectivity index (χ1v) is 12.6. The van der Waals surface area contributed by atoms with Crippen molar-refractivity contribution >= 4 is 23.1 Å². The summed E-state index contributed by atoms with van der Waals surface area (Å²) in [4.78, 5) is 31.8. The van der Waals surface area contributed by atoms with Gasteiger partial charge in [-0.3, -0.25) is 9.59 Å². The van der Waals surface area contributed by atoms with E-state index in [0.717, 1.165) is 36.0 Å². The third kappa shape index (κ3) is 5.52. The number of carbonyl (C=O) groups is 2. The summed E-state index contributed by atoms with van der Waals surface area (Å²) in [5.41, 5.74) is 2.75. The fourth-order valence-corrected chi connectivity index (χ4v) is 5.09. The molecule has 0 atom stereocenters. The number of hydrogen-bond donors (Lipinski definition) is 3. The lowest BCUT2D eigenvalue weighted by molar-refractivity contribution is -0.151. The first kappa shape index (κ1) is 25.6. The molecule has 1 amide bonds. The highest BCUT2D eigenvalue weighted by atomic mass is 16.5. The molecule has 1 aromatic carbocycles. The molecule has 0 bridgehead atoms. The van der Waals surface area contributed by atoms with E-state index in [9.17, 15) is 14.7 Å². The lowest BCUT2D eigenvalue weighted by Crippen LogP contribution is -2.34. The van der Waals surface area contributed by atoms with Crippen molar-refractivity contribution in [3.63, 3.8) is 0 Å². The molecule has 8 nitrogen and oxygen atoms in total. The molecular weight excluding hydrogens is 456 g/mol. The monoisotopic (exact) mass is 490 g/mol. The van der Waals surface area contributed by atoms with Crippen LogP contribution in [0.3, 0.4) is 0 Å². The Kier molecular flexibility index (Phi) is 7.32. The minimum atomic E-state index is -1.04. The number of anilines is 1. The van der Waals surface area contributed by atoms with Crippen molar-refractivity contribution in [3.05, 3.63) is 53.1 Å². The summed E-state index contributed by atoms with van der Waals surface area (Å²) in [6.07, 6.45) is 8.50. The number of nitrogens with one attached hydrogen (secondary N) is 2. The molecule has 8 heteroatoms. The Bertz CT molecular complexity index is 1210. The van der Waals surface area contributed by atoms with Gasteiger partial charge < -0.3 is 20.1 Å². The predicted octanol–water partition coefficient (Wildman–Crippen LogP) is 5.07. The SMILES string of the molecule is CCOC(=O)[C@H]1CC[C@@](O)(c2ccc(NC(=O)c3nc(C#N)c[nH]3)c(C3=CCC(C)(C)CC3)c2)CC1. The van der Waals surface area contributed by atoms with Gasteiger partial charge >= 0.3 is 5.97 Å². The standard InChI is InChI=1S/C28H34N4O4/c1-4-36-26(34)19-9-13-28(35,14-10-19)20-5-6-23(32-25(33)24-30-17-21(16-29)31-24)22(15-20)18-7-11-27(2,3)12-8-18/h5-7,15,17,19,35H,4,8-14H2,1-3H3,(H,30,31)(H,32,33)/t19-,28-. The van der Waals surface area contributed by atoms with Gasteiger partial charge in [-0.1, -0.05) is 26.0 Å². The second-order valence-corrected chi connectivity index (χ2v) is 10.6. The van der Waals surface area contributed by atoms with Gasteiger partial charge in [-0.05, 0) is 80.6 Å². The first-order valence-electron chi connectivity index (χ1n) is 12.6. The van der Waals surface area contributed by atoms with Gasteiger partial charge in [-0.15, -0.1) is 0 Å². The molecule has 0 radical (unpaired) electrons. The molecule has 36 heavy (non-hydrogen) atoms. The average Bonchev–Trinajstić information content (AvgIpc) is 3.35. The van der Waals surface area contributed by atoms with E-state index in [1.165, 1.54) is 6.20 Å². The maximum Gasteiger partial charge on any atom is 0.308 e. The minimum Gasteiger partial charge on any atom is -0.466 e. The van der Waals surface area contributed by atoms with Crippen molar-refractivity contribution in [1.82, 2.24) is 9.97 Å². The van der Waals surface area contributed by atoms with Crippen molar-refractivity contribution in [3.8, 4) is 6.07 Å². The Hall–Kier alpha value is -3.44. The van der Waals surface area contributed by atoms with Gasteiger partial charge in [0.05, 0.1) is 18.1 Å². The molecule has 0 unspecified atom stereocenters. The summed E-state index contributed by atoms with van der Waals surface area (Å²) in [6.45, 7) is 6.65. The number of allylic oxidation sites excluding steroid dienone is 2. The van der Waals surface area contributed by atoms with Crippen LogP contribution in [0.25, 0.3) is 5.57 Å². The van der Waals surface area contributed by atoms with Crippen LogP contribution in [-0.4, -0.2) is 33.6 Å². The van der Waals surface area contributed by atoms with Crippen LogP contribution in [0.4, 0.5) is 5.69 Å². The average molecular weight is 491 g/mol. The molecular formula is C28H34N4O4. The van der Waals surface area contributed by atoms with Crippen molar-refractivity contribution in [2.24, 2.45) is 11.3 Å². The normalized spacial score (nSPS) is 23.3. The second kappa shape index (κ2) is 10.3. The number of carbonyl (C=O) groups excluding carboxylic acids is 2. The Morgan fingerprint density at radius 2 is 2.03 bits per heavy atom. The fourth-order valence-electron chi connectivity index (χ4n) is 5.09. The molecule has 2 aromatic rings. The largest absolute Gasteiger partial charge is 0.466 e. The molecule has 190 valence electrons. The Morgan fingerprint density at radius 1 is 1.28 bits per heavy atom. The number of rotatable bonds is 6. The number of aromatic amines is 1. The number of aliphatic hydroxyl groups is 1. The zero-order valence-electron chi connectivity index (χ0n) is 21.2. The van der Waals surface area contributed by atoms with Crippen LogP contribution >= 0.6 is 0 Å². The van der Waals surface area contributed by atoms with Gasteiger partial charge in [0.25, 0.3) is 5.91 Å². The number of nitriles is 1. The Labute approximate surface area is 211 Å². The molecule has 1 heterocycles. The Morgan fingerprint density at radius 3 is 2.64 bits per heavy atom. The van der Waals surface area contributed by atoms with E-state index in [0.29, 0.717) is 38.0 Å². The molecule has 0 spiro atoms. The number of imidazole rings is 1. The van der Waals surface area contributed by atoms with Gasteiger partial charge in [0.1, 0.15) is 6.07 Å². The fraction of sp³-hybridized carbons (Fsp3) is 0.500. The van der Waals surface area contributed by atoms with E-state index in [-0.39, 0.29) is 28.8 Å². The lowest BCUT2D eigenvalue weighted by atomic mass is 9.73. The summed E-state index contributed by atoms with van der Waals surface area (Å²) in [5.74, 6) is -0.740. The van der Waals surface area contributed by atoms with Gasteiger partial charge in [0, 0.05) is 17.4 Å². The highest BCUT2D eigenvalue weighted by Crippen LogP contribution is 2.44. The van der Waals surface area contributed by atoms with E-state index in [4.69, 9.17) is 10.00 Å². The van der Waals surface area contributed by atoms with Crippen LogP contribution in [0.2, 0.25) is 0 Å². The lowest BCUT2D eigenvalue weighted by Gasteiger charge is -2.36. The van der Waals surface area contributed by atoms with Crippen molar-refractivity contribution in [2.45, 2.75) is 71.3 Å². The van der Waals surface area contributed by atoms with Crippen molar-refractivity contribution < 1.29 is 19.4 Å². The zero-order chi connectivity index (χ0) is 25.9. The number of amides is 1. The zero-order valence-corrected chi connectivity index (χ0v) is 21.2. The quantitative estimate of drug-likeness (QED) is 0.485. The summed E-state index contributed by atoms with van der Waals surface area (Å²) in [6, 6.07) is 7.57. The molecule has 2 aliphatic carbocycles. The first-order chi connectivity index (χ1) is 17.1. The van der Waals surface area contributed by atoms with Gasteiger partial charge in [-0.2, -0.15) is 5.26 Å². The summed E-state index contributed by atoms with van der Waals surface area (Å²) in [7, 11) is 0. The number of ether oxygens (including phenoxy) is 1. The van der Waals surface area contributed by atoms with E-state index in [1.54, 1.807) is 6.92 Å². The van der Waals surface area contributed by atoms with Gasteiger partial charge in [-0.25, -0.2) is 4.98 Å². The highest BCUT2D eigenvalue weighted by Gasteiger charge is 2.38. The third-order valence-electron chi connectivity index (χ3n) is 7.46. The number of nitrogens with zero attached hydrogens (tertiary/aromatic N) is 2. The van der Waals surface area contributed by atoms with Crippen LogP contribution in [-0.2, 0) is 15.1 Å². The predicted molar refractivity (Wildman–Crippen MR) is 136 cm³/mol. The molecule has 1 fully saturated rings. The second-order valence-electron chi connectivity index (χ2n) is 10.6. The van der Waals surface area contributed by atoms with Crippen LogP contribution in [0.5, 0.6) is 0 Å². The third-order valence-corrected chi connectivity index (χ3v) is 7.46. The summed E-state index contributed by atoms with van der Waals surface area (Å²) in [5, 5.41) is 23.5. The molecule has 2 aliphatic rings. The maximum atomic E-state index is 12.9.